The summed E-state index contributed by atoms with van der Waals surface area (Å²) >= 11 is 1.54. The molecule has 0 radical (unpaired) electrons. The number of nitrogens with zero attached hydrogens (tertiary/aromatic N) is 1. The molecule has 1 aromatic rings. The first kappa shape index (κ1) is 17.2. The molecule has 1 fully saturated rings. The summed E-state index contributed by atoms with van der Waals surface area (Å²) in [7, 11) is 0. The number of aliphatic hydroxyl groups excluding tert-OH is 1. The SMILES string of the molecule is CC1CCCN(C(C)CNC(=O)NCC(O)c2ccsc2)C1. The van der Waals surface area contributed by atoms with E-state index in [0.717, 1.165) is 24.6 Å². The molecule has 0 aliphatic carbocycles. The van der Waals surface area contributed by atoms with Gasteiger partial charge in [0.2, 0.25) is 0 Å². The Morgan fingerprint density at radius 1 is 1.50 bits per heavy atom. The minimum absolute atomic E-state index is 0.216. The van der Waals surface area contributed by atoms with Crippen LogP contribution in [0.3, 0.4) is 0 Å². The van der Waals surface area contributed by atoms with Crippen LogP contribution in [0.2, 0.25) is 0 Å². The Kier molecular flexibility index (Phi) is 6.67. The van der Waals surface area contributed by atoms with Crippen molar-refractivity contribution in [2.75, 3.05) is 26.2 Å². The van der Waals surface area contributed by atoms with E-state index in [4.69, 9.17) is 0 Å². The molecule has 3 N–H and O–H groups in total. The Bertz CT molecular complexity index is 452. The van der Waals surface area contributed by atoms with Crippen LogP contribution in [0.5, 0.6) is 0 Å². The molecular formula is C16H27N3O2S. The van der Waals surface area contributed by atoms with Gasteiger partial charge in [-0.2, -0.15) is 11.3 Å². The first-order chi connectivity index (χ1) is 10.6. The molecule has 5 nitrogen and oxygen atoms in total. The second kappa shape index (κ2) is 8.50. The van der Waals surface area contributed by atoms with Gasteiger partial charge in [0, 0.05) is 25.7 Å². The Morgan fingerprint density at radius 2 is 2.27 bits per heavy atom. The number of urea groups is 1. The number of hydrogen-bond donors (Lipinski definition) is 3. The number of hydrogen-bond acceptors (Lipinski definition) is 4. The van der Waals surface area contributed by atoms with Crippen molar-refractivity contribution >= 4 is 17.4 Å². The molecule has 6 heteroatoms. The normalized spacial score (nSPS) is 22.0. The molecular weight excluding hydrogens is 298 g/mol. The second-order valence-electron chi connectivity index (χ2n) is 6.25. The molecule has 0 bridgehead atoms. The molecule has 1 saturated heterocycles. The third-order valence-corrected chi connectivity index (χ3v) is 4.96. The highest BCUT2D eigenvalue weighted by Gasteiger charge is 2.21. The maximum absolute atomic E-state index is 11.8. The molecule has 124 valence electrons. The number of thiophene rings is 1. The van der Waals surface area contributed by atoms with Gasteiger partial charge in [0.1, 0.15) is 0 Å². The van der Waals surface area contributed by atoms with Gasteiger partial charge < -0.3 is 15.7 Å². The van der Waals surface area contributed by atoms with Gasteiger partial charge >= 0.3 is 6.03 Å². The van der Waals surface area contributed by atoms with Gasteiger partial charge in [-0.3, -0.25) is 4.90 Å². The maximum atomic E-state index is 11.8. The number of amides is 2. The molecule has 2 heterocycles. The molecule has 1 aromatic heterocycles. The number of carbonyl (C=O) groups is 1. The van der Waals surface area contributed by atoms with Crippen LogP contribution < -0.4 is 10.6 Å². The average Bonchev–Trinajstić information content (AvgIpc) is 3.04. The van der Waals surface area contributed by atoms with Crippen molar-refractivity contribution in [3.63, 3.8) is 0 Å². The highest BCUT2D eigenvalue weighted by atomic mass is 32.1. The molecule has 1 aliphatic heterocycles. The Hall–Kier alpha value is -1.11. The van der Waals surface area contributed by atoms with Crippen LogP contribution >= 0.6 is 11.3 Å². The van der Waals surface area contributed by atoms with E-state index < -0.39 is 6.10 Å². The molecule has 0 aromatic carbocycles. The Morgan fingerprint density at radius 3 is 2.95 bits per heavy atom. The van der Waals surface area contributed by atoms with Crippen LogP contribution in [-0.2, 0) is 0 Å². The van der Waals surface area contributed by atoms with Crippen LogP contribution in [0.25, 0.3) is 0 Å². The summed E-state index contributed by atoms with van der Waals surface area (Å²) in [5.41, 5.74) is 0.848. The number of rotatable bonds is 6. The Labute approximate surface area is 136 Å². The lowest BCUT2D eigenvalue weighted by atomic mass is 9.99. The minimum Gasteiger partial charge on any atom is -0.387 e. The van der Waals surface area contributed by atoms with E-state index in [2.05, 4.69) is 29.4 Å². The van der Waals surface area contributed by atoms with Crippen LogP contribution in [0, 0.1) is 5.92 Å². The molecule has 3 atom stereocenters. The first-order valence-corrected chi connectivity index (χ1v) is 8.96. The van der Waals surface area contributed by atoms with Crippen LogP contribution in [0.1, 0.15) is 38.4 Å². The highest BCUT2D eigenvalue weighted by molar-refractivity contribution is 7.07. The quantitative estimate of drug-likeness (QED) is 0.751. The minimum atomic E-state index is -0.641. The number of aliphatic hydroxyl groups is 1. The maximum Gasteiger partial charge on any atom is 0.314 e. The van der Waals surface area contributed by atoms with Crippen molar-refractivity contribution in [1.82, 2.24) is 15.5 Å². The predicted molar refractivity (Wildman–Crippen MR) is 90.1 cm³/mol. The smallest absolute Gasteiger partial charge is 0.314 e. The molecule has 0 spiro atoms. The van der Waals surface area contributed by atoms with Crippen molar-refractivity contribution in [2.45, 2.75) is 38.8 Å². The van der Waals surface area contributed by atoms with Gasteiger partial charge in [-0.15, -0.1) is 0 Å². The fourth-order valence-electron chi connectivity index (χ4n) is 2.83. The number of nitrogens with one attached hydrogen (secondary N) is 2. The van der Waals surface area contributed by atoms with E-state index in [-0.39, 0.29) is 12.6 Å². The summed E-state index contributed by atoms with van der Waals surface area (Å²) in [5, 5.41) is 19.4. The predicted octanol–water partition coefficient (Wildman–Crippen LogP) is 2.20. The molecule has 2 amide bonds. The molecule has 2 rings (SSSR count). The standard InChI is InChI=1S/C16H27N3O2S/c1-12-4-3-6-19(10-12)13(2)8-17-16(21)18-9-15(20)14-5-7-22-11-14/h5,7,11-13,15,20H,3-4,6,8-10H2,1-2H3,(H2,17,18,21). The third kappa shape index (κ3) is 5.26. The van der Waals surface area contributed by atoms with Gasteiger partial charge in [0.05, 0.1) is 6.10 Å². The summed E-state index contributed by atoms with van der Waals surface area (Å²) in [6.07, 6.45) is 1.90. The third-order valence-electron chi connectivity index (χ3n) is 4.25. The topological polar surface area (TPSA) is 64.6 Å². The van der Waals surface area contributed by atoms with Crippen molar-refractivity contribution in [3.8, 4) is 0 Å². The zero-order chi connectivity index (χ0) is 15.9. The van der Waals surface area contributed by atoms with Crippen LogP contribution in [0.4, 0.5) is 4.79 Å². The van der Waals surface area contributed by atoms with Crippen LogP contribution in [-0.4, -0.2) is 48.3 Å². The van der Waals surface area contributed by atoms with E-state index in [1.165, 1.54) is 24.2 Å². The highest BCUT2D eigenvalue weighted by Crippen LogP contribution is 2.17. The summed E-state index contributed by atoms with van der Waals surface area (Å²) in [4.78, 5) is 14.3. The van der Waals surface area contributed by atoms with E-state index >= 15 is 0 Å². The van der Waals surface area contributed by atoms with E-state index in [9.17, 15) is 9.90 Å². The molecule has 0 saturated carbocycles. The average molecular weight is 325 g/mol. The van der Waals surface area contributed by atoms with E-state index in [1.807, 2.05) is 16.8 Å². The summed E-state index contributed by atoms with van der Waals surface area (Å²) in [6.45, 7) is 7.53. The van der Waals surface area contributed by atoms with Crippen molar-refractivity contribution in [1.29, 1.82) is 0 Å². The van der Waals surface area contributed by atoms with Crippen molar-refractivity contribution < 1.29 is 9.90 Å². The molecule has 1 aliphatic rings. The van der Waals surface area contributed by atoms with Gasteiger partial charge in [-0.25, -0.2) is 4.79 Å². The summed E-state index contributed by atoms with van der Waals surface area (Å²) < 4.78 is 0. The zero-order valence-corrected chi connectivity index (χ0v) is 14.2. The first-order valence-electron chi connectivity index (χ1n) is 8.02. The summed E-state index contributed by atoms with van der Waals surface area (Å²) in [6, 6.07) is 2.00. The largest absolute Gasteiger partial charge is 0.387 e. The van der Waals surface area contributed by atoms with Crippen LogP contribution in [0.15, 0.2) is 16.8 Å². The zero-order valence-electron chi connectivity index (χ0n) is 13.4. The summed E-state index contributed by atoms with van der Waals surface area (Å²) in [5.74, 6) is 0.741. The molecule has 22 heavy (non-hydrogen) atoms. The second-order valence-corrected chi connectivity index (χ2v) is 7.03. The lowest BCUT2D eigenvalue weighted by Gasteiger charge is -2.35. The number of piperidine rings is 1. The van der Waals surface area contributed by atoms with Gasteiger partial charge in [-0.1, -0.05) is 6.92 Å². The fourth-order valence-corrected chi connectivity index (χ4v) is 3.54. The number of likely N-dealkylation sites (tertiary alicyclic amines) is 1. The number of carbonyl (C=O) groups excluding carboxylic acids is 1. The molecule has 3 unspecified atom stereocenters. The van der Waals surface area contributed by atoms with Gasteiger partial charge in [0.25, 0.3) is 0 Å². The van der Waals surface area contributed by atoms with E-state index in [1.54, 1.807) is 0 Å². The van der Waals surface area contributed by atoms with Gasteiger partial charge in [0.15, 0.2) is 0 Å². The lowest BCUT2D eigenvalue weighted by molar-refractivity contribution is 0.136. The lowest BCUT2D eigenvalue weighted by Crippen LogP contribution is -2.48. The van der Waals surface area contributed by atoms with Crippen molar-refractivity contribution in [3.05, 3.63) is 22.4 Å². The fraction of sp³-hybridized carbons (Fsp3) is 0.688. The monoisotopic (exact) mass is 325 g/mol. The van der Waals surface area contributed by atoms with E-state index in [0.29, 0.717) is 12.6 Å². The van der Waals surface area contributed by atoms with Crippen molar-refractivity contribution in [2.24, 2.45) is 5.92 Å². The Balaban J connectivity index is 1.64. The van der Waals surface area contributed by atoms with Gasteiger partial charge in [-0.05, 0) is 54.6 Å².